The van der Waals surface area contributed by atoms with E-state index in [4.69, 9.17) is 9.47 Å². The van der Waals surface area contributed by atoms with E-state index in [1.807, 2.05) is 0 Å². The first-order chi connectivity index (χ1) is 11.5. The maximum absolute atomic E-state index is 13.4. The molecule has 0 spiro atoms. The average Bonchev–Trinajstić information content (AvgIpc) is 2.55. The number of hydrogen-bond donors (Lipinski definition) is 1. The zero-order chi connectivity index (χ0) is 17.5. The molecule has 0 bridgehead atoms. The standard InChI is InChI=1S/C18H21FN2O3/c1-21(11-13-10-14(19)4-9-17(13)24-3)12-18(22)20-15-5-7-16(23-2)8-6-15/h4-10H,11-12H2,1-3H3,(H,20,22). The lowest BCUT2D eigenvalue weighted by Gasteiger charge is -2.18. The number of likely N-dealkylation sites (N-methyl/N-ethyl adjacent to an activating group) is 1. The molecule has 0 aliphatic carbocycles. The van der Waals surface area contributed by atoms with Crippen LogP contribution in [0.25, 0.3) is 0 Å². The van der Waals surface area contributed by atoms with Gasteiger partial charge in [-0.3, -0.25) is 9.69 Å². The van der Waals surface area contributed by atoms with Gasteiger partial charge in [-0.05, 0) is 49.5 Å². The highest BCUT2D eigenvalue weighted by molar-refractivity contribution is 5.92. The molecule has 0 aliphatic heterocycles. The van der Waals surface area contributed by atoms with Crippen molar-refractivity contribution in [2.24, 2.45) is 0 Å². The van der Waals surface area contributed by atoms with Gasteiger partial charge in [0.05, 0.1) is 20.8 Å². The highest BCUT2D eigenvalue weighted by Gasteiger charge is 2.11. The lowest BCUT2D eigenvalue weighted by Crippen LogP contribution is -2.30. The topological polar surface area (TPSA) is 50.8 Å². The fourth-order valence-electron chi connectivity index (χ4n) is 2.34. The molecule has 0 saturated heterocycles. The van der Waals surface area contributed by atoms with Crippen LogP contribution in [0.5, 0.6) is 11.5 Å². The molecule has 0 unspecified atom stereocenters. The third kappa shape index (κ3) is 4.96. The first kappa shape index (κ1) is 17.7. The van der Waals surface area contributed by atoms with Crippen LogP contribution in [0.4, 0.5) is 10.1 Å². The fraction of sp³-hybridized carbons (Fsp3) is 0.278. The van der Waals surface area contributed by atoms with Gasteiger partial charge in [0.2, 0.25) is 5.91 Å². The summed E-state index contributed by atoms with van der Waals surface area (Å²) < 4.78 is 23.7. The number of carbonyl (C=O) groups excluding carboxylic acids is 1. The summed E-state index contributed by atoms with van der Waals surface area (Å²) in [5, 5.41) is 2.81. The molecule has 2 aromatic rings. The maximum atomic E-state index is 13.4. The second-order valence-electron chi connectivity index (χ2n) is 5.41. The van der Waals surface area contributed by atoms with Crippen molar-refractivity contribution < 1.29 is 18.7 Å². The molecular formula is C18H21FN2O3. The molecule has 0 aliphatic rings. The first-order valence-corrected chi connectivity index (χ1v) is 7.46. The zero-order valence-electron chi connectivity index (χ0n) is 14.0. The number of nitrogens with one attached hydrogen (secondary N) is 1. The van der Waals surface area contributed by atoms with E-state index < -0.39 is 0 Å². The van der Waals surface area contributed by atoms with Crippen LogP contribution in [-0.2, 0) is 11.3 Å². The van der Waals surface area contributed by atoms with E-state index >= 15 is 0 Å². The molecule has 128 valence electrons. The van der Waals surface area contributed by atoms with Crippen molar-refractivity contribution in [3.63, 3.8) is 0 Å². The Morgan fingerprint density at radius 1 is 1.12 bits per heavy atom. The van der Waals surface area contributed by atoms with Gasteiger partial charge in [-0.1, -0.05) is 0 Å². The monoisotopic (exact) mass is 332 g/mol. The molecule has 0 heterocycles. The van der Waals surface area contributed by atoms with E-state index in [1.165, 1.54) is 19.2 Å². The molecule has 1 amide bonds. The quantitative estimate of drug-likeness (QED) is 0.847. The van der Waals surface area contributed by atoms with Crippen LogP contribution in [-0.4, -0.2) is 38.6 Å². The van der Waals surface area contributed by atoms with Gasteiger partial charge in [0.15, 0.2) is 0 Å². The fourth-order valence-corrected chi connectivity index (χ4v) is 2.34. The van der Waals surface area contributed by atoms with Gasteiger partial charge in [-0.2, -0.15) is 0 Å². The molecule has 24 heavy (non-hydrogen) atoms. The number of anilines is 1. The Labute approximate surface area is 141 Å². The van der Waals surface area contributed by atoms with Gasteiger partial charge < -0.3 is 14.8 Å². The second-order valence-corrected chi connectivity index (χ2v) is 5.41. The highest BCUT2D eigenvalue weighted by Crippen LogP contribution is 2.20. The van der Waals surface area contributed by atoms with Crippen molar-refractivity contribution in [2.75, 3.05) is 33.1 Å². The normalized spacial score (nSPS) is 10.5. The summed E-state index contributed by atoms with van der Waals surface area (Å²) in [6, 6.07) is 11.4. The van der Waals surface area contributed by atoms with Crippen molar-refractivity contribution in [2.45, 2.75) is 6.54 Å². The molecule has 0 atom stereocenters. The van der Waals surface area contributed by atoms with Crippen molar-refractivity contribution in [1.29, 1.82) is 0 Å². The largest absolute Gasteiger partial charge is 0.497 e. The Bertz CT molecular complexity index is 689. The van der Waals surface area contributed by atoms with Gasteiger partial charge in [0.25, 0.3) is 0 Å². The Balaban J connectivity index is 1.92. The molecule has 1 N–H and O–H groups in total. The lowest BCUT2D eigenvalue weighted by molar-refractivity contribution is -0.117. The predicted molar refractivity (Wildman–Crippen MR) is 90.9 cm³/mol. The predicted octanol–water partition coefficient (Wildman–Crippen LogP) is 2.91. The summed E-state index contributed by atoms with van der Waals surface area (Å²) >= 11 is 0. The Morgan fingerprint density at radius 3 is 2.46 bits per heavy atom. The summed E-state index contributed by atoms with van der Waals surface area (Å²) in [6.07, 6.45) is 0. The van der Waals surface area contributed by atoms with Crippen LogP contribution in [0.2, 0.25) is 0 Å². The summed E-state index contributed by atoms with van der Waals surface area (Å²) in [5.74, 6) is 0.835. The molecule has 2 aromatic carbocycles. The average molecular weight is 332 g/mol. The Morgan fingerprint density at radius 2 is 1.83 bits per heavy atom. The van der Waals surface area contributed by atoms with Crippen molar-refractivity contribution in [1.82, 2.24) is 4.90 Å². The van der Waals surface area contributed by atoms with E-state index in [0.29, 0.717) is 23.5 Å². The summed E-state index contributed by atoms with van der Waals surface area (Å²) in [7, 11) is 4.91. The van der Waals surface area contributed by atoms with Gasteiger partial charge in [0.1, 0.15) is 17.3 Å². The third-order valence-corrected chi connectivity index (χ3v) is 3.47. The minimum absolute atomic E-state index is 0.155. The van der Waals surface area contributed by atoms with E-state index in [2.05, 4.69) is 5.32 Å². The lowest BCUT2D eigenvalue weighted by atomic mass is 10.2. The molecule has 0 aromatic heterocycles. The molecule has 0 saturated carbocycles. The van der Waals surface area contributed by atoms with Gasteiger partial charge in [-0.25, -0.2) is 4.39 Å². The SMILES string of the molecule is COc1ccc(NC(=O)CN(C)Cc2cc(F)ccc2OC)cc1. The number of halogens is 1. The van der Waals surface area contributed by atoms with Crippen LogP contribution < -0.4 is 14.8 Å². The number of ether oxygens (including phenoxy) is 2. The smallest absolute Gasteiger partial charge is 0.238 e. The highest BCUT2D eigenvalue weighted by atomic mass is 19.1. The number of nitrogens with zero attached hydrogens (tertiary/aromatic N) is 1. The second kappa shape index (κ2) is 8.31. The molecular weight excluding hydrogens is 311 g/mol. The summed E-state index contributed by atoms with van der Waals surface area (Å²) in [4.78, 5) is 13.9. The minimum atomic E-state index is -0.332. The van der Waals surface area contributed by atoms with Crippen molar-refractivity contribution >= 4 is 11.6 Å². The van der Waals surface area contributed by atoms with Crippen LogP contribution >= 0.6 is 0 Å². The number of hydrogen-bond acceptors (Lipinski definition) is 4. The minimum Gasteiger partial charge on any atom is -0.497 e. The Kier molecular flexibility index (Phi) is 6.14. The molecule has 0 radical (unpaired) electrons. The van der Waals surface area contributed by atoms with Crippen molar-refractivity contribution in [3.05, 3.63) is 53.8 Å². The number of carbonyl (C=O) groups is 1. The molecule has 5 nitrogen and oxygen atoms in total. The van der Waals surface area contributed by atoms with Crippen LogP contribution in [0, 0.1) is 5.82 Å². The van der Waals surface area contributed by atoms with Crippen LogP contribution in [0.3, 0.4) is 0 Å². The Hall–Kier alpha value is -2.60. The van der Waals surface area contributed by atoms with E-state index in [1.54, 1.807) is 49.4 Å². The zero-order valence-corrected chi connectivity index (χ0v) is 14.0. The van der Waals surface area contributed by atoms with Gasteiger partial charge in [-0.15, -0.1) is 0 Å². The molecule has 2 rings (SSSR count). The van der Waals surface area contributed by atoms with E-state index in [-0.39, 0.29) is 18.3 Å². The van der Waals surface area contributed by atoms with Gasteiger partial charge in [0, 0.05) is 17.8 Å². The van der Waals surface area contributed by atoms with E-state index in [9.17, 15) is 9.18 Å². The molecule has 0 fully saturated rings. The van der Waals surface area contributed by atoms with Gasteiger partial charge >= 0.3 is 0 Å². The van der Waals surface area contributed by atoms with Crippen molar-refractivity contribution in [3.8, 4) is 11.5 Å². The number of rotatable bonds is 7. The van der Waals surface area contributed by atoms with Crippen LogP contribution in [0.15, 0.2) is 42.5 Å². The summed E-state index contributed by atoms with van der Waals surface area (Å²) in [5.41, 5.74) is 1.38. The number of methoxy groups -OCH3 is 2. The van der Waals surface area contributed by atoms with Crippen LogP contribution in [0.1, 0.15) is 5.56 Å². The molecule has 6 heteroatoms. The maximum Gasteiger partial charge on any atom is 0.238 e. The first-order valence-electron chi connectivity index (χ1n) is 7.46. The van der Waals surface area contributed by atoms with E-state index in [0.717, 1.165) is 5.75 Å². The number of benzene rings is 2. The number of amides is 1. The third-order valence-electron chi connectivity index (χ3n) is 3.47. The summed E-state index contributed by atoms with van der Waals surface area (Å²) in [6.45, 7) is 0.572.